The number of methoxy groups -OCH3 is 1. The molecule has 2 N–H and O–H groups in total. The topological polar surface area (TPSA) is 46.0 Å². The number of para-hydroxylation sites is 2. The van der Waals surface area contributed by atoms with E-state index in [0.29, 0.717) is 6.54 Å². The van der Waals surface area contributed by atoms with E-state index in [4.69, 9.17) is 4.74 Å². The molecule has 1 amide bonds. The summed E-state index contributed by atoms with van der Waals surface area (Å²) in [7, 11) is 1.66. The van der Waals surface area contributed by atoms with E-state index in [1.807, 2.05) is 24.3 Å². The molecule has 0 aliphatic carbocycles. The van der Waals surface area contributed by atoms with Crippen molar-refractivity contribution in [3.05, 3.63) is 54.1 Å². The van der Waals surface area contributed by atoms with Crippen molar-refractivity contribution in [2.45, 2.75) is 0 Å². The van der Waals surface area contributed by atoms with Gasteiger partial charge in [-0.3, -0.25) is 4.79 Å². The normalized spacial score (nSPS) is 15.0. The van der Waals surface area contributed by atoms with E-state index in [0.717, 1.165) is 54.6 Å². The molecule has 0 bridgehead atoms. The number of carbonyl (C=O) groups is 1. The lowest BCUT2D eigenvalue weighted by molar-refractivity contribution is -0.892. The van der Waals surface area contributed by atoms with Crippen LogP contribution in [0, 0.1) is 11.6 Å². The molecule has 1 saturated heterocycles. The minimum Gasteiger partial charge on any atom is -0.495 e. The Bertz CT molecular complexity index is 777. The lowest BCUT2D eigenvalue weighted by Gasteiger charge is -2.34. The number of ether oxygens (including phenoxy) is 1. The Kier molecular flexibility index (Phi) is 5.68. The van der Waals surface area contributed by atoms with Crippen LogP contribution >= 0.6 is 0 Å². The molecule has 1 heterocycles. The predicted molar refractivity (Wildman–Crippen MR) is 95.8 cm³/mol. The molecular formula is C19H22F2N3O2+. The maximum atomic E-state index is 13.2. The summed E-state index contributed by atoms with van der Waals surface area (Å²) < 4.78 is 31.5. The van der Waals surface area contributed by atoms with E-state index >= 15 is 0 Å². The van der Waals surface area contributed by atoms with E-state index in [2.05, 4.69) is 10.2 Å². The fraction of sp³-hybridized carbons (Fsp3) is 0.316. The van der Waals surface area contributed by atoms with Gasteiger partial charge >= 0.3 is 0 Å². The Morgan fingerprint density at radius 1 is 1.15 bits per heavy atom. The molecule has 2 aromatic carbocycles. The Labute approximate surface area is 151 Å². The van der Waals surface area contributed by atoms with Gasteiger partial charge in [-0.15, -0.1) is 0 Å². The second-order valence-corrected chi connectivity index (χ2v) is 6.26. The minimum atomic E-state index is -0.972. The maximum absolute atomic E-state index is 13.2. The van der Waals surface area contributed by atoms with Crippen LogP contribution in [0.25, 0.3) is 0 Å². The number of anilines is 2. The van der Waals surface area contributed by atoms with Gasteiger partial charge in [0.2, 0.25) is 0 Å². The number of nitrogens with one attached hydrogen (secondary N) is 2. The second kappa shape index (κ2) is 8.14. The third kappa shape index (κ3) is 4.29. The molecule has 2 aromatic rings. The van der Waals surface area contributed by atoms with Gasteiger partial charge in [0.25, 0.3) is 5.91 Å². The first kappa shape index (κ1) is 18.1. The van der Waals surface area contributed by atoms with Crippen molar-refractivity contribution in [2.75, 3.05) is 50.1 Å². The highest BCUT2D eigenvalue weighted by molar-refractivity contribution is 5.91. The third-order valence-corrected chi connectivity index (χ3v) is 4.51. The molecule has 5 nitrogen and oxygen atoms in total. The Hall–Kier alpha value is -2.67. The molecule has 0 aromatic heterocycles. The van der Waals surface area contributed by atoms with Crippen molar-refractivity contribution in [3.8, 4) is 5.75 Å². The highest BCUT2D eigenvalue weighted by Crippen LogP contribution is 2.27. The molecule has 26 heavy (non-hydrogen) atoms. The molecule has 1 aliphatic heterocycles. The van der Waals surface area contributed by atoms with Gasteiger partial charge in [0.05, 0.1) is 39.0 Å². The first-order chi connectivity index (χ1) is 12.6. The zero-order valence-corrected chi connectivity index (χ0v) is 14.6. The van der Waals surface area contributed by atoms with Gasteiger partial charge in [0, 0.05) is 11.8 Å². The molecule has 1 aliphatic rings. The van der Waals surface area contributed by atoms with Crippen molar-refractivity contribution < 1.29 is 23.2 Å². The van der Waals surface area contributed by atoms with Gasteiger partial charge in [0.15, 0.2) is 18.2 Å². The van der Waals surface area contributed by atoms with Crippen LogP contribution in [-0.4, -0.2) is 45.7 Å². The molecule has 0 radical (unpaired) electrons. The molecule has 0 spiro atoms. The molecule has 0 unspecified atom stereocenters. The van der Waals surface area contributed by atoms with Crippen LogP contribution in [0.5, 0.6) is 5.75 Å². The van der Waals surface area contributed by atoms with Crippen LogP contribution in [0.2, 0.25) is 0 Å². The number of piperazine rings is 1. The number of quaternary nitrogens is 1. The third-order valence-electron chi connectivity index (χ3n) is 4.51. The Morgan fingerprint density at radius 2 is 1.88 bits per heavy atom. The van der Waals surface area contributed by atoms with E-state index in [1.165, 1.54) is 6.07 Å². The van der Waals surface area contributed by atoms with Crippen LogP contribution < -0.4 is 19.9 Å². The van der Waals surface area contributed by atoms with Crippen molar-refractivity contribution in [3.63, 3.8) is 0 Å². The number of nitrogens with zero attached hydrogens (tertiary/aromatic N) is 1. The van der Waals surface area contributed by atoms with Crippen LogP contribution in [0.4, 0.5) is 20.2 Å². The van der Waals surface area contributed by atoms with E-state index < -0.39 is 11.6 Å². The van der Waals surface area contributed by atoms with Gasteiger partial charge in [-0.2, -0.15) is 0 Å². The maximum Gasteiger partial charge on any atom is 0.279 e. The number of amides is 1. The number of carbonyl (C=O) groups excluding carboxylic acids is 1. The van der Waals surface area contributed by atoms with E-state index in [9.17, 15) is 13.6 Å². The summed E-state index contributed by atoms with van der Waals surface area (Å²) in [6.45, 7) is 3.54. The van der Waals surface area contributed by atoms with Gasteiger partial charge in [-0.25, -0.2) is 8.78 Å². The molecule has 3 rings (SSSR count). The van der Waals surface area contributed by atoms with Gasteiger partial charge in [0.1, 0.15) is 5.75 Å². The first-order valence-corrected chi connectivity index (χ1v) is 8.53. The highest BCUT2D eigenvalue weighted by atomic mass is 19.2. The number of hydrogen-bond donors (Lipinski definition) is 2. The largest absolute Gasteiger partial charge is 0.495 e. The summed E-state index contributed by atoms with van der Waals surface area (Å²) in [5, 5.41) is 2.62. The highest BCUT2D eigenvalue weighted by Gasteiger charge is 2.24. The molecule has 138 valence electrons. The summed E-state index contributed by atoms with van der Waals surface area (Å²) in [5.74, 6) is -1.27. The summed E-state index contributed by atoms with van der Waals surface area (Å²) in [4.78, 5) is 15.5. The summed E-state index contributed by atoms with van der Waals surface area (Å²) in [5.41, 5.74) is 1.32. The zero-order valence-electron chi connectivity index (χ0n) is 14.6. The van der Waals surface area contributed by atoms with Crippen molar-refractivity contribution in [2.24, 2.45) is 0 Å². The molecule has 7 heteroatoms. The fourth-order valence-corrected chi connectivity index (χ4v) is 3.14. The van der Waals surface area contributed by atoms with Gasteiger partial charge in [-0.05, 0) is 24.3 Å². The minimum absolute atomic E-state index is 0.211. The number of hydrogen-bond acceptors (Lipinski definition) is 3. The van der Waals surface area contributed by atoms with Gasteiger partial charge in [-0.1, -0.05) is 12.1 Å². The van der Waals surface area contributed by atoms with Crippen LogP contribution in [-0.2, 0) is 4.79 Å². The lowest BCUT2D eigenvalue weighted by Crippen LogP contribution is -3.15. The molecule has 1 fully saturated rings. The lowest BCUT2D eigenvalue weighted by atomic mass is 10.2. The van der Waals surface area contributed by atoms with Crippen LogP contribution in [0.15, 0.2) is 42.5 Å². The first-order valence-electron chi connectivity index (χ1n) is 8.53. The predicted octanol–water partition coefficient (Wildman–Crippen LogP) is 1.32. The molecule has 0 saturated carbocycles. The van der Waals surface area contributed by atoms with Crippen molar-refractivity contribution >= 4 is 17.3 Å². The summed E-state index contributed by atoms with van der Waals surface area (Å²) >= 11 is 0. The second-order valence-electron chi connectivity index (χ2n) is 6.26. The zero-order chi connectivity index (χ0) is 18.5. The Balaban J connectivity index is 1.52. The SMILES string of the molecule is COc1ccccc1N1CC[NH+](CC(=O)Nc2ccc(F)c(F)c2)CC1. The number of benzene rings is 2. The summed E-state index contributed by atoms with van der Waals surface area (Å²) in [6, 6.07) is 11.2. The van der Waals surface area contributed by atoms with Crippen LogP contribution in [0.1, 0.15) is 0 Å². The smallest absolute Gasteiger partial charge is 0.279 e. The molecule has 0 atom stereocenters. The average molecular weight is 362 g/mol. The average Bonchev–Trinajstić information content (AvgIpc) is 2.65. The Morgan fingerprint density at radius 3 is 2.58 bits per heavy atom. The number of rotatable bonds is 5. The van der Waals surface area contributed by atoms with Crippen LogP contribution in [0.3, 0.4) is 0 Å². The quantitative estimate of drug-likeness (QED) is 0.843. The summed E-state index contributed by atoms with van der Waals surface area (Å²) in [6.07, 6.45) is 0. The fourth-order valence-electron chi connectivity index (χ4n) is 3.14. The van der Waals surface area contributed by atoms with Crippen molar-refractivity contribution in [1.82, 2.24) is 0 Å². The molecular weight excluding hydrogens is 340 g/mol. The standard InChI is InChI=1S/C19H21F2N3O2/c1-26-18-5-3-2-4-17(18)24-10-8-23(9-11-24)13-19(25)22-14-6-7-15(20)16(21)12-14/h2-7,12H,8-11,13H2,1H3,(H,22,25)/p+1. The van der Waals surface area contributed by atoms with Gasteiger partial charge < -0.3 is 19.9 Å². The monoisotopic (exact) mass is 362 g/mol. The van der Waals surface area contributed by atoms with E-state index in [-0.39, 0.29) is 11.6 Å². The van der Waals surface area contributed by atoms with E-state index in [1.54, 1.807) is 7.11 Å². The van der Waals surface area contributed by atoms with Crippen molar-refractivity contribution in [1.29, 1.82) is 0 Å². The number of halogens is 2.